The molecule has 2 heteroatoms. The van der Waals surface area contributed by atoms with Crippen LogP contribution in [0.2, 0.25) is 0 Å². The van der Waals surface area contributed by atoms with Crippen LogP contribution in [0.4, 0.5) is 5.69 Å². The zero-order valence-corrected chi connectivity index (χ0v) is 19.9. The van der Waals surface area contributed by atoms with Gasteiger partial charge in [-0.3, -0.25) is 0 Å². The number of rotatable bonds is 3. The molecule has 2 heterocycles. The van der Waals surface area contributed by atoms with E-state index in [0.717, 1.165) is 5.92 Å². The summed E-state index contributed by atoms with van der Waals surface area (Å²) in [5, 5.41) is 0. The zero-order chi connectivity index (χ0) is 21.8. The molecule has 1 saturated carbocycles. The van der Waals surface area contributed by atoms with Crippen LogP contribution in [0, 0.1) is 18.3 Å². The fourth-order valence-corrected chi connectivity index (χ4v) is 7.13. The van der Waals surface area contributed by atoms with Gasteiger partial charge in [-0.1, -0.05) is 88.2 Å². The summed E-state index contributed by atoms with van der Waals surface area (Å²) >= 11 is 0. The first kappa shape index (κ1) is 20.7. The van der Waals surface area contributed by atoms with Gasteiger partial charge in [-0.25, -0.2) is 0 Å². The van der Waals surface area contributed by atoms with E-state index in [9.17, 15) is 0 Å². The van der Waals surface area contributed by atoms with E-state index in [4.69, 9.17) is 0 Å². The first-order valence-corrected chi connectivity index (χ1v) is 12.2. The Kier molecular flexibility index (Phi) is 4.95. The van der Waals surface area contributed by atoms with Gasteiger partial charge in [0.25, 0.3) is 0 Å². The van der Waals surface area contributed by atoms with Gasteiger partial charge in [0.1, 0.15) is 6.17 Å². The third kappa shape index (κ3) is 3.05. The average Bonchev–Trinajstić information content (AvgIpc) is 3.46. The van der Waals surface area contributed by atoms with Crippen LogP contribution in [0.3, 0.4) is 0 Å². The van der Waals surface area contributed by atoms with Gasteiger partial charge in [0.2, 0.25) is 0 Å². The largest absolute Gasteiger partial charge is 0.351 e. The average molecular weight is 415 g/mol. The number of aryl methyl sites for hydroxylation is 1. The molecule has 2 nitrogen and oxygen atoms in total. The minimum absolute atomic E-state index is 0.0953. The third-order valence-electron chi connectivity index (χ3n) is 8.25. The van der Waals surface area contributed by atoms with Crippen molar-refractivity contribution >= 4 is 5.69 Å². The van der Waals surface area contributed by atoms with Gasteiger partial charge in [0.05, 0.1) is 6.04 Å². The van der Waals surface area contributed by atoms with Gasteiger partial charge in [-0.05, 0) is 56.0 Å². The Balaban J connectivity index is 1.68. The second-order valence-electron chi connectivity index (χ2n) is 11.2. The van der Waals surface area contributed by atoms with Gasteiger partial charge in [-0.15, -0.1) is 0 Å². The highest BCUT2D eigenvalue weighted by Crippen LogP contribution is 2.56. The van der Waals surface area contributed by atoms with Crippen molar-refractivity contribution in [3.05, 3.63) is 78.0 Å². The number of nitrogens with zero attached hydrogens (tertiary/aromatic N) is 2. The fourth-order valence-electron chi connectivity index (χ4n) is 7.13. The number of hydrogen-bond donors (Lipinski definition) is 0. The minimum atomic E-state index is 0.0953. The zero-order valence-electron chi connectivity index (χ0n) is 19.9. The summed E-state index contributed by atoms with van der Waals surface area (Å²) in [5.41, 5.74) is 4.51. The number of benzene rings is 2. The van der Waals surface area contributed by atoms with Crippen LogP contribution in [0.5, 0.6) is 0 Å². The van der Waals surface area contributed by atoms with Crippen LogP contribution in [-0.4, -0.2) is 23.1 Å². The van der Waals surface area contributed by atoms with Gasteiger partial charge >= 0.3 is 0 Å². The Hall–Kier alpha value is -2.22. The lowest BCUT2D eigenvalue weighted by Crippen LogP contribution is -2.50. The van der Waals surface area contributed by atoms with Crippen molar-refractivity contribution in [2.75, 3.05) is 4.90 Å². The molecule has 0 N–H and O–H groups in total. The van der Waals surface area contributed by atoms with Crippen LogP contribution in [0.25, 0.3) is 0 Å². The van der Waals surface area contributed by atoms with Crippen molar-refractivity contribution in [2.24, 2.45) is 11.3 Å². The smallest absolute Gasteiger partial charge is 0.107 e. The van der Waals surface area contributed by atoms with Crippen LogP contribution in [0.1, 0.15) is 64.5 Å². The highest BCUT2D eigenvalue weighted by molar-refractivity contribution is 5.58. The molecular weight excluding hydrogens is 376 g/mol. The predicted molar refractivity (Wildman–Crippen MR) is 131 cm³/mol. The first-order chi connectivity index (χ1) is 14.9. The molecule has 5 rings (SSSR count). The molecule has 0 radical (unpaired) electrons. The normalized spacial score (nSPS) is 30.9. The second-order valence-corrected chi connectivity index (χ2v) is 11.2. The van der Waals surface area contributed by atoms with Crippen LogP contribution < -0.4 is 4.90 Å². The van der Waals surface area contributed by atoms with E-state index in [1.165, 1.54) is 42.5 Å². The standard InChI is InChI=1S/C29H38N2/c1-21-13-9-12-18-25(21)31-22(2)26-29(24-16-10-11-17-24,23-14-7-6-8-15-23)19-20-30(26)27(31)28(3,4)5/h6-9,12-15,18-20,22,24,26-27H,10-11,16-17H2,1-5H3/t22-,26?,27?,29?/m0/s1. The molecule has 2 fully saturated rings. The second kappa shape index (κ2) is 7.43. The molecular formula is C29H38N2. The minimum Gasteiger partial charge on any atom is -0.351 e. The molecule has 4 atom stereocenters. The molecule has 2 aliphatic heterocycles. The molecule has 3 unspecified atom stereocenters. The Labute approximate surface area is 189 Å². The molecule has 0 aromatic heterocycles. The van der Waals surface area contributed by atoms with E-state index in [1.807, 2.05) is 0 Å². The molecule has 0 amide bonds. The third-order valence-corrected chi connectivity index (χ3v) is 8.25. The van der Waals surface area contributed by atoms with Crippen molar-refractivity contribution in [1.82, 2.24) is 4.90 Å². The molecule has 3 aliphatic rings. The lowest BCUT2D eigenvalue weighted by atomic mass is 9.64. The Bertz CT molecular complexity index is 950. The van der Waals surface area contributed by atoms with Crippen molar-refractivity contribution < 1.29 is 0 Å². The molecule has 2 aromatic rings. The summed E-state index contributed by atoms with van der Waals surface area (Å²) in [4.78, 5) is 5.48. The van der Waals surface area contributed by atoms with Gasteiger partial charge in [0.15, 0.2) is 0 Å². The summed E-state index contributed by atoms with van der Waals surface area (Å²) in [6.45, 7) is 12.0. The molecule has 2 aromatic carbocycles. The lowest BCUT2D eigenvalue weighted by Gasteiger charge is -2.43. The molecule has 1 saturated heterocycles. The van der Waals surface area contributed by atoms with Gasteiger partial charge in [-0.2, -0.15) is 0 Å². The van der Waals surface area contributed by atoms with E-state index in [1.54, 1.807) is 0 Å². The van der Waals surface area contributed by atoms with Crippen molar-refractivity contribution in [3.8, 4) is 0 Å². The number of anilines is 1. The molecule has 31 heavy (non-hydrogen) atoms. The van der Waals surface area contributed by atoms with Crippen molar-refractivity contribution in [1.29, 1.82) is 0 Å². The maximum absolute atomic E-state index is 2.75. The summed E-state index contributed by atoms with van der Waals surface area (Å²) in [6.07, 6.45) is 10.9. The predicted octanol–water partition coefficient (Wildman–Crippen LogP) is 6.90. The monoisotopic (exact) mass is 414 g/mol. The van der Waals surface area contributed by atoms with Crippen molar-refractivity contribution in [2.45, 2.75) is 84.0 Å². The van der Waals surface area contributed by atoms with Crippen molar-refractivity contribution in [3.63, 3.8) is 0 Å². The molecule has 0 bridgehead atoms. The maximum Gasteiger partial charge on any atom is 0.107 e. The van der Waals surface area contributed by atoms with Crippen LogP contribution in [0.15, 0.2) is 66.9 Å². The lowest BCUT2D eigenvalue weighted by molar-refractivity contribution is 0.129. The summed E-state index contributed by atoms with van der Waals surface area (Å²) in [5.74, 6) is 0.723. The number of fused-ring (bicyclic) bond motifs is 1. The van der Waals surface area contributed by atoms with E-state index in [2.05, 4.69) is 111 Å². The van der Waals surface area contributed by atoms with E-state index < -0.39 is 0 Å². The highest BCUT2D eigenvalue weighted by atomic mass is 15.5. The molecule has 1 aliphatic carbocycles. The summed E-state index contributed by atoms with van der Waals surface area (Å²) < 4.78 is 0. The maximum atomic E-state index is 2.75. The van der Waals surface area contributed by atoms with Gasteiger partial charge in [0, 0.05) is 22.6 Å². The van der Waals surface area contributed by atoms with Gasteiger partial charge < -0.3 is 9.80 Å². The Morgan fingerprint density at radius 3 is 2.19 bits per heavy atom. The quantitative estimate of drug-likeness (QED) is 0.539. The number of para-hydroxylation sites is 1. The summed E-state index contributed by atoms with van der Waals surface area (Å²) in [6, 6.07) is 21.3. The molecule has 164 valence electrons. The first-order valence-electron chi connectivity index (χ1n) is 12.2. The van der Waals surface area contributed by atoms with E-state index in [-0.39, 0.29) is 10.8 Å². The van der Waals surface area contributed by atoms with E-state index >= 15 is 0 Å². The Morgan fingerprint density at radius 1 is 0.903 bits per heavy atom. The SMILES string of the molecule is Cc1ccccc1N1C(C(C)(C)C)N2C=CC(c3ccccc3)(C3CCCC3)C2[C@@H]1C. The van der Waals surface area contributed by atoms with E-state index in [0.29, 0.717) is 18.2 Å². The fraction of sp³-hybridized carbons (Fsp3) is 0.517. The Morgan fingerprint density at radius 2 is 1.55 bits per heavy atom. The van der Waals surface area contributed by atoms with Crippen LogP contribution in [-0.2, 0) is 5.41 Å². The summed E-state index contributed by atoms with van der Waals surface area (Å²) in [7, 11) is 0. The molecule has 0 spiro atoms. The topological polar surface area (TPSA) is 6.48 Å². The highest BCUT2D eigenvalue weighted by Gasteiger charge is 2.61. The van der Waals surface area contributed by atoms with Crippen LogP contribution >= 0.6 is 0 Å². The number of hydrogen-bond acceptors (Lipinski definition) is 2.